The zero-order chi connectivity index (χ0) is 24.0. The third-order valence-electron chi connectivity index (χ3n) is 4.63. The zero-order valence-electron chi connectivity index (χ0n) is 16.6. The van der Waals surface area contributed by atoms with E-state index in [1.54, 1.807) is 18.0 Å². The van der Waals surface area contributed by atoms with Gasteiger partial charge in [0.1, 0.15) is 12.4 Å². The van der Waals surface area contributed by atoms with E-state index in [1.807, 2.05) is 0 Å². The minimum absolute atomic E-state index is 0.0837. The van der Waals surface area contributed by atoms with Gasteiger partial charge in [0.15, 0.2) is 5.84 Å². The number of nitrogens with zero attached hydrogens (tertiary/aromatic N) is 4. The molecule has 4 rings (SSSR count). The summed E-state index contributed by atoms with van der Waals surface area (Å²) in [5.41, 5.74) is 2.84. The zero-order valence-corrected chi connectivity index (χ0v) is 18.9. The summed E-state index contributed by atoms with van der Waals surface area (Å²) >= 11 is 11.6. The average Bonchev–Trinajstić information content (AvgIpc) is 3.35. The van der Waals surface area contributed by atoms with Crippen LogP contribution in [0.15, 0.2) is 46.7 Å². The number of hydrazone groups is 1. The molecule has 0 aliphatic carbocycles. The monoisotopic (exact) mass is 519 g/mol. The van der Waals surface area contributed by atoms with Gasteiger partial charge in [0.25, 0.3) is 10.0 Å². The van der Waals surface area contributed by atoms with E-state index >= 15 is 0 Å². The minimum atomic E-state index is -4.83. The van der Waals surface area contributed by atoms with Crippen LogP contribution in [0.5, 0.6) is 0 Å². The summed E-state index contributed by atoms with van der Waals surface area (Å²) in [4.78, 5) is 5.25. The number of hydrogen-bond acceptors (Lipinski definition) is 7. The van der Waals surface area contributed by atoms with Crippen molar-refractivity contribution >= 4 is 50.4 Å². The van der Waals surface area contributed by atoms with Crippen LogP contribution in [0.3, 0.4) is 0 Å². The van der Waals surface area contributed by atoms with E-state index in [2.05, 4.69) is 30.4 Å². The van der Waals surface area contributed by atoms with Gasteiger partial charge in [-0.2, -0.15) is 23.4 Å². The molecular weight excluding hydrogens is 506 g/mol. The Balaban J connectivity index is 1.74. The number of H-pyrrole nitrogens is 1. The smallest absolute Gasteiger partial charge is 0.300 e. The lowest BCUT2D eigenvalue weighted by Crippen LogP contribution is -2.31. The molecule has 1 aromatic carbocycles. The molecule has 9 nitrogen and oxygen atoms in total. The molecule has 3 N–H and O–H groups in total. The maximum Gasteiger partial charge on any atom is 0.417 e. The van der Waals surface area contributed by atoms with Crippen molar-refractivity contribution in [3.05, 3.63) is 63.7 Å². The first-order valence-corrected chi connectivity index (χ1v) is 11.4. The fourth-order valence-corrected chi connectivity index (χ4v) is 4.57. The topological polar surface area (TPSA) is 115 Å². The summed E-state index contributed by atoms with van der Waals surface area (Å²) in [5, 5.41) is 10.4. The molecule has 0 unspecified atom stereocenters. The highest BCUT2D eigenvalue weighted by molar-refractivity contribution is 7.92. The summed E-state index contributed by atoms with van der Waals surface area (Å²) in [6.45, 7) is 2.01. The maximum atomic E-state index is 13.2. The molecule has 15 heteroatoms. The fourth-order valence-electron chi connectivity index (χ4n) is 3.11. The molecule has 0 saturated carbocycles. The molecule has 0 amide bonds. The van der Waals surface area contributed by atoms with Gasteiger partial charge in [0.2, 0.25) is 0 Å². The van der Waals surface area contributed by atoms with Gasteiger partial charge in [-0.05, 0) is 31.2 Å². The lowest BCUT2D eigenvalue weighted by atomic mass is 10.2. The van der Waals surface area contributed by atoms with Crippen LogP contribution in [0, 0.1) is 6.92 Å². The number of sulfonamides is 1. The van der Waals surface area contributed by atoms with E-state index < -0.39 is 31.7 Å². The summed E-state index contributed by atoms with van der Waals surface area (Å²) in [6.07, 6.45) is -1.91. The van der Waals surface area contributed by atoms with Crippen LogP contribution in [0.2, 0.25) is 10.0 Å². The summed E-state index contributed by atoms with van der Waals surface area (Å²) < 4.78 is 67.8. The first kappa shape index (κ1) is 23.1. The second kappa shape index (κ2) is 8.39. The lowest BCUT2D eigenvalue weighted by molar-refractivity contribution is -0.137. The number of rotatable bonds is 5. The third kappa shape index (κ3) is 4.56. The number of aromatic amines is 1. The normalized spacial score (nSPS) is 14.2. The molecule has 0 atom stereocenters. The first-order chi connectivity index (χ1) is 15.5. The number of benzene rings is 1. The Morgan fingerprint density at radius 3 is 2.64 bits per heavy atom. The van der Waals surface area contributed by atoms with Crippen molar-refractivity contribution in [2.24, 2.45) is 5.10 Å². The molecule has 0 fully saturated rings. The SMILES string of the molecule is Cc1n[nH]cc1N1CNN=C1c1ncc(Cl)cc1NS(=O)(=O)c1ccc(Cl)c(C(F)(F)F)c1. The number of nitrogens with one attached hydrogen (secondary N) is 3. The Hall–Kier alpha value is -3.03. The second-order valence-corrected chi connectivity index (χ2v) is 9.36. The molecular formula is C18H14Cl2F3N7O2S. The van der Waals surface area contributed by atoms with Crippen LogP contribution in [-0.4, -0.2) is 36.1 Å². The van der Waals surface area contributed by atoms with Crippen molar-refractivity contribution in [1.82, 2.24) is 20.6 Å². The predicted molar refractivity (Wildman–Crippen MR) is 117 cm³/mol. The Morgan fingerprint density at radius 1 is 1.21 bits per heavy atom. The minimum Gasteiger partial charge on any atom is -0.300 e. The predicted octanol–water partition coefficient (Wildman–Crippen LogP) is 3.97. The summed E-state index contributed by atoms with van der Waals surface area (Å²) in [7, 11) is -4.48. The highest BCUT2D eigenvalue weighted by Gasteiger charge is 2.35. The Morgan fingerprint density at radius 2 is 1.97 bits per heavy atom. The standard InChI is InChI=1S/C18H14Cl2F3N7O2S/c1-9-15(7-25-27-9)30-8-26-28-17(30)16-14(4-10(19)6-24-16)29-33(31,32)11-2-3-13(20)12(5-11)18(21,22)23/h2-7,26,29H,8H2,1H3,(H,25,27). The average molecular weight is 520 g/mol. The van der Waals surface area contributed by atoms with Crippen molar-refractivity contribution in [1.29, 1.82) is 0 Å². The number of aryl methyl sites for hydroxylation is 1. The van der Waals surface area contributed by atoms with Crippen molar-refractivity contribution < 1.29 is 21.6 Å². The number of anilines is 2. The highest BCUT2D eigenvalue weighted by Crippen LogP contribution is 2.36. The molecule has 0 bridgehead atoms. The molecule has 0 radical (unpaired) electrons. The molecule has 1 aliphatic heterocycles. The van der Waals surface area contributed by atoms with E-state index in [-0.39, 0.29) is 28.9 Å². The first-order valence-electron chi connectivity index (χ1n) is 9.11. The van der Waals surface area contributed by atoms with Gasteiger partial charge in [0, 0.05) is 12.4 Å². The maximum absolute atomic E-state index is 13.2. The van der Waals surface area contributed by atoms with E-state index in [0.29, 0.717) is 17.4 Å². The largest absolute Gasteiger partial charge is 0.417 e. The number of alkyl halides is 3. The third-order valence-corrected chi connectivity index (χ3v) is 6.53. The highest BCUT2D eigenvalue weighted by atomic mass is 35.5. The molecule has 2 aromatic heterocycles. The van der Waals surface area contributed by atoms with Gasteiger partial charge in [0.05, 0.1) is 37.6 Å². The molecule has 0 spiro atoms. The van der Waals surface area contributed by atoms with Gasteiger partial charge in [-0.1, -0.05) is 23.2 Å². The molecule has 1 aliphatic rings. The Kier molecular flexibility index (Phi) is 5.88. The molecule has 33 heavy (non-hydrogen) atoms. The Bertz CT molecular complexity index is 1360. The van der Waals surface area contributed by atoms with E-state index in [4.69, 9.17) is 23.2 Å². The Labute approximate surface area is 195 Å². The molecule has 3 aromatic rings. The second-order valence-electron chi connectivity index (χ2n) is 6.83. The van der Waals surface area contributed by atoms with Crippen LogP contribution >= 0.6 is 23.2 Å². The quantitative estimate of drug-likeness (QED) is 0.469. The van der Waals surface area contributed by atoms with Gasteiger partial charge in [-0.15, -0.1) is 0 Å². The molecule has 0 saturated heterocycles. The summed E-state index contributed by atoms with van der Waals surface area (Å²) in [5.74, 6) is 0.251. The number of pyridine rings is 1. The van der Waals surface area contributed by atoms with Gasteiger partial charge >= 0.3 is 6.18 Å². The number of hydrogen-bond donors (Lipinski definition) is 3. The number of aromatic nitrogens is 3. The van der Waals surface area contributed by atoms with Crippen LogP contribution in [0.1, 0.15) is 17.0 Å². The molecule has 3 heterocycles. The lowest BCUT2D eigenvalue weighted by Gasteiger charge is -2.20. The van der Waals surface area contributed by atoms with E-state index in [0.717, 1.165) is 12.1 Å². The number of halogens is 5. The van der Waals surface area contributed by atoms with Crippen LogP contribution in [0.4, 0.5) is 24.5 Å². The van der Waals surface area contributed by atoms with Gasteiger partial charge in [-0.3, -0.25) is 15.2 Å². The van der Waals surface area contributed by atoms with Crippen LogP contribution < -0.4 is 15.0 Å². The molecule has 174 valence electrons. The van der Waals surface area contributed by atoms with Gasteiger partial charge < -0.3 is 4.90 Å². The number of amidine groups is 1. The van der Waals surface area contributed by atoms with Crippen molar-refractivity contribution in [3.8, 4) is 0 Å². The summed E-state index contributed by atoms with van der Waals surface area (Å²) in [6, 6.07) is 3.57. The fraction of sp³-hybridized carbons (Fsp3) is 0.167. The van der Waals surface area contributed by atoms with Crippen LogP contribution in [-0.2, 0) is 16.2 Å². The van der Waals surface area contributed by atoms with Crippen molar-refractivity contribution in [3.63, 3.8) is 0 Å². The van der Waals surface area contributed by atoms with E-state index in [9.17, 15) is 21.6 Å². The van der Waals surface area contributed by atoms with Crippen molar-refractivity contribution in [2.45, 2.75) is 18.0 Å². The van der Waals surface area contributed by atoms with Gasteiger partial charge in [-0.25, -0.2) is 13.4 Å². The van der Waals surface area contributed by atoms with Crippen molar-refractivity contribution in [2.75, 3.05) is 16.3 Å². The van der Waals surface area contributed by atoms with Crippen LogP contribution in [0.25, 0.3) is 0 Å². The van der Waals surface area contributed by atoms with E-state index in [1.165, 1.54) is 12.3 Å².